The summed E-state index contributed by atoms with van der Waals surface area (Å²) in [5.41, 5.74) is 1.92. The van der Waals surface area contributed by atoms with Crippen molar-refractivity contribution < 1.29 is 8.78 Å². The van der Waals surface area contributed by atoms with Crippen molar-refractivity contribution in [3.8, 4) is 11.3 Å². The second-order valence-electron chi connectivity index (χ2n) is 6.73. The Balaban J connectivity index is 1.51. The summed E-state index contributed by atoms with van der Waals surface area (Å²) in [6.45, 7) is 2.02. The molecule has 2 aromatic heterocycles. The van der Waals surface area contributed by atoms with Crippen LogP contribution in [0.25, 0.3) is 11.3 Å². The molecular weight excluding hydrogens is 350 g/mol. The number of hydrogen-bond acceptors (Lipinski definition) is 4. The number of nitrogens with one attached hydrogen (secondary N) is 1. The molecule has 0 unspecified atom stereocenters. The zero-order valence-electron chi connectivity index (χ0n) is 14.5. The van der Waals surface area contributed by atoms with E-state index in [0.29, 0.717) is 24.6 Å². The van der Waals surface area contributed by atoms with Crippen LogP contribution in [-0.4, -0.2) is 32.9 Å². The molecule has 1 saturated heterocycles. The standard InChI is InChI=1S/C20H18F2N4O/c21-16-4-3-13(8-17(16)22)11-26-7-5-15(12-26)20-24-18(9-19(27)25-20)14-2-1-6-23-10-14/h1-4,6,8-10,15H,5,7,11-12H2,(H,24,25,27)/t15-/m1/s1. The highest BCUT2D eigenvalue weighted by Gasteiger charge is 2.26. The van der Waals surface area contributed by atoms with Crippen molar-refractivity contribution in [1.29, 1.82) is 0 Å². The molecule has 0 bridgehead atoms. The van der Waals surface area contributed by atoms with E-state index in [1.165, 1.54) is 12.1 Å². The Hall–Kier alpha value is -2.93. The lowest BCUT2D eigenvalue weighted by molar-refractivity contribution is 0.324. The van der Waals surface area contributed by atoms with Gasteiger partial charge in [-0.25, -0.2) is 13.8 Å². The quantitative estimate of drug-likeness (QED) is 0.769. The zero-order chi connectivity index (χ0) is 18.8. The molecule has 0 radical (unpaired) electrons. The fraction of sp³-hybridized carbons (Fsp3) is 0.250. The van der Waals surface area contributed by atoms with E-state index in [2.05, 4.69) is 19.9 Å². The Morgan fingerprint density at radius 1 is 1.19 bits per heavy atom. The average Bonchev–Trinajstić information content (AvgIpc) is 3.13. The van der Waals surface area contributed by atoms with Gasteiger partial charge in [0, 0.05) is 43.0 Å². The van der Waals surface area contributed by atoms with Crippen molar-refractivity contribution >= 4 is 0 Å². The second kappa shape index (κ2) is 7.36. The Labute approximate surface area is 154 Å². The number of halogens is 2. The normalized spacial score (nSPS) is 17.3. The van der Waals surface area contributed by atoms with Gasteiger partial charge in [-0.05, 0) is 42.8 Å². The summed E-state index contributed by atoms with van der Waals surface area (Å²) in [7, 11) is 0. The van der Waals surface area contributed by atoms with Crippen LogP contribution in [0.5, 0.6) is 0 Å². The molecule has 3 heterocycles. The maximum absolute atomic E-state index is 13.4. The third-order valence-corrected chi connectivity index (χ3v) is 4.77. The highest BCUT2D eigenvalue weighted by atomic mass is 19.2. The highest BCUT2D eigenvalue weighted by molar-refractivity contribution is 5.56. The molecule has 1 aromatic carbocycles. The summed E-state index contributed by atoms with van der Waals surface area (Å²) in [4.78, 5) is 25.8. The minimum atomic E-state index is -0.841. The maximum Gasteiger partial charge on any atom is 0.251 e. The van der Waals surface area contributed by atoms with Gasteiger partial charge in [-0.15, -0.1) is 0 Å². The number of hydrogen-bond donors (Lipinski definition) is 1. The molecule has 0 amide bonds. The molecule has 5 nitrogen and oxygen atoms in total. The molecule has 1 aliphatic rings. The molecular formula is C20H18F2N4O. The van der Waals surface area contributed by atoms with E-state index in [9.17, 15) is 13.6 Å². The fourth-order valence-corrected chi connectivity index (χ4v) is 3.43. The van der Waals surface area contributed by atoms with Crippen LogP contribution in [0.2, 0.25) is 0 Å². The summed E-state index contributed by atoms with van der Waals surface area (Å²) in [6.07, 6.45) is 4.18. The molecule has 7 heteroatoms. The van der Waals surface area contributed by atoms with Gasteiger partial charge in [-0.1, -0.05) is 6.07 Å². The third kappa shape index (κ3) is 3.93. The topological polar surface area (TPSA) is 61.9 Å². The summed E-state index contributed by atoms with van der Waals surface area (Å²) < 4.78 is 26.5. The SMILES string of the molecule is O=c1cc(-c2cccnc2)nc([C@@H]2CCN(Cc3ccc(F)c(F)c3)C2)[nH]1. The van der Waals surface area contributed by atoms with Crippen molar-refractivity contribution in [1.82, 2.24) is 19.9 Å². The van der Waals surface area contributed by atoms with Crippen LogP contribution in [0.4, 0.5) is 8.78 Å². The Kier molecular flexibility index (Phi) is 4.77. The minimum Gasteiger partial charge on any atom is -0.310 e. The lowest BCUT2D eigenvalue weighted by Crippen LogP contribution is -2.21. The number of benzene rings is 1. The van der Waals surface area contributed by atoms with Gasteiger partial charge in [0.15, 0.2) is 11.6 Å². The number of nitrogens with zero attached hydrogens (tertiary/aromatic N) is 3. The number of H-pyrrole nitrogens is 1. The third-order valence-electron chi connectivity index (χ3n) is 4.77. The first-order chi connectivity index (χ1) is 13.1. The summed E-state index contributed by atoms with van der Waals surface area (Å²) in [5.74, 6) is -0.945. The number of pyridine rings is 1. The van der Waals surface area contributed by atoms with E-state index >= 15 is 0 Å². The monoisotopic (exact) mass is 368 g/mol. The van der Waals surface area contributed by atoms with Gasteiger partial charge in [0.05, 0.1) is 5.69 Å². The molecule has 1 N–H and O–H groups in total. The molecule has 1 fully saturated rings. The molecule has 1 atom stereocenters. The molecule has 138 valence electrons. The first-order valence-electron chi connectivity index (χ1n) is 8.76. The predicted octanol–water partition coefficient (Wildman–Crippen LogP) is 3.10. The van der Waals surface area contributed by atoms with Gasteiger partial charge in [0.25, 0.3) is 5.56 Å². The van der Waals surface area contributed by atoms with Crippen molar-refractivity contribution in [2.24, 2.45) is 0 Å². The van der Waals surface area contributed by atoms with Gasteiger partial charge in [-0.3, -0.25) is 14.7 Å². The van der Waals surface area contributed by atoms with E-state index in [1.807, 2.05) is 6.07 Å². The lowest BCUT2D eigenvalue weighted by atomic mass is 10.1. The van der Waals surface area contributed by atoms with Crippen molar-refractivity contribution in [2.75, 3.05) is 13.1 Å². The minimum absolute atomic E-state index is 0.0830. The molecule has 0 spiro atoms. The van der Waals surface area contributed by atoms with E-state index < -0.39 is 11.6 Å². The van der Waals surface area contributed by atoms with Gasteiger partial charge in [-0.2, -0.15) is 0 Å². The summed E-state index contributed by atoms with van der Waals surface area (Å²) >= 11 is 0. The van der Waals surface area contributed by atoms with Crippen LogP contribution in [0.3, 0.4) is 0 Å². The van der Waals surface area contributed by atoms with Crippen LogP contribution in [0.15, 0.2) is 53.6 Å². The maximum atomic E-state index is 13.4. The first kappa shape index (κ1) is 17.5. The molecule has 4 rings (SSSR count). The molecule has 0 aliphatic carbocycles. The van der Waals surface area contributed by atoms with Crippen LogP contribution in [0, 0.1) is 11.6 Å². The summed E-state index contributed by atoms with van der Waals surface area (Å²) in [5, 5.41) is 0. The Morgan fingerprint density at radius 3 is 2.85 bits per heavy atom. The largest absolute Gasteiger partial charge is 0.310 e. The average molecular weight is 368 g/mol. The van der Waals surface area contributed by atoms with E-state index in [-0.39, 0.29) is 11.5 Å². The van der Waals surface area contributed by atoms with E-state index in [0.717, 1.165) is 30.2 Å². The van der Waals surface area contributed by atoms with Gasteiger partial charge < -0.3 is 4.98 Å². The van der Waals surface area contributed by atoms with Crippen LogP contribution in [0.1, 0.15) is 23.7 Å². The number of likely N-dealkylation sites (tertiary alicyclic amines) is 1. The van der Waals surface area contributed by atoms with Crippen LogP contribution < -0.4 is 5.56 Å². The van der Waals surface area contributed by atoms with Gasteiger partial charge in [0.2, 0.25) is 0 Å². The van der Waals surface area contributed by atoms with Gasteiger partial charge >= 0.3 is 0 Å². The Morgan fingerprint density at radius 2 is 2.07 bits per heavy atom. The van der Waals surface area contributed by atoms with Crippen LogP contribution >= 0.6 is 0 Å². The van der Waals surface area contributed by atoms with Crippen molar-refractivity contribution in [3.05, 3.63) is 82.2 Å². The van der Waals surface area contributed by atoms with Gasteiger partial charge in [0.1, 0.15) is 5.82 Å². The molecule has 1 aliphatic heterocycles. The number of rotatable bonds is 4. The lowest BCUT2D eigenvalue weighted by Gasteiger charge is -2.16. The first-order valence-corrected chi connectivity index (χ1v) is 8.76. The highest BCUT2D eigenvalue weighted by Crippen LogP contribution is 2.27. The zero-order valence-corrected chi connectivity index (χ0v) is 14.5. The number of aromatic amines is 1. The Bertz CT molecular complexity index is 1010. The van der Waals surface area contributed by atoms with E-state index in [4.69, 9.17) is 0 Å². The van der Waals surface area contributed by atoms with Crippen LogP contribution in [-0.2, 0) is 6.54 Å². The summed E-state index contributed by atoms with van der Waals surface area (Å²) in [6, 6.07) is 9.10. The molecule has 0 saturated carbocycles. The second-order valence-corrected chi connectivity index (χ2v) is 6.73. The van der Waals surface area contributed by atoms with E-state index in [1.54, 1.807) is 24.5 Å². The molecule has 27 heavy (non-hydrogen) atoms. The number of aromatic nitrogens is 3. The fourth-order valence-electron chi connectivity index (χ4n) is 3.43. The van der Waals surface area contributed by atoms with Crippen molar-refractivity contribution in [3.63, 3.8) is 0 Å². The van der Waals surface area contributed by atoms with Crippen molar-refractivity contribution in [2.45, 2.75) is 18.9 Å². The predicted molar refractivity (Wildman–Crippen MR) is 97.1 cm³/mol. The smallest absolute Gasteiger partial charge is 0.251 e. The molecule has 3 aromatic rings.